The molecule has 0 unspecified atom stereocenters. The van der Waals surface area contributed by atoms with Crippen LogP contribution in [-0.4, -0.2) is 24.0 Å². The van der Waals surface area contributed by atoms with Crippen molar-refractivity contribution in [2.45, 2.75) is 19.8 Å². The molecule has 0 aliphatic heterocycles. The van der Waals surface area contributed by atoms with E-state index >= 15 is 0 Å². The fourth-order valence-corrected chi connectivity index (χ4v) is 2.26. The number of anilines is 1. The first-order chi connectivity index (χ1) is 9.49. The maximum absolute atomic E-state index is 6.09. The van der Waals surface area contributed by atoms with Crippen molar-refractivity contribution in [1.82, 2.24) is 9.78 Å². The molecule has 0 radical (unpaired) electrons. The van der Waals surface area contributed by atoms with Gasteiger partial charge in [0.2, 0.25) is 0 Å². The van der Waals surface area contributed by atoms with Gasteiger partial charge in [-0.1, -0.05) is 13.8 Å². The summed E-state index contributed by atoms with van der Waals surface area (Å²) in [4.78, 5) is 0. The van der Waals surface area contributed by atoms with Gasteiger partial charge in [0.05, 0.1) is 20.4 Å². The minimum absolute atomic E-state index is 0.337. The molecule has 0 aliphatic rings. The highest BCUT2D eigenvalue weighted by atomic mass is 16.5. The summed E-state index contributed by atoms with van der Waals surface area (Å²) in [6, 6.07) is 3.97. The molecule has 0 saturated carbocycles. The van der Waals surface area contributed by atoms with Gasteiger partial charge < -0.3 is 15.2 Å². The van der Waals surface area contributed by atoms with Crippen LogP contribution >= 0.6 is 0 Å². The molecule has 2 aromatic rings. The Labute approximate surface area is 119 Å². The molecule has 108 valence electrons. The van der Waals surface area contributed by atoms with E-state index in [1.54, 1.807) is 25.1 Å². The van der Waals surface area contributed by atoms with Gasteiger partial charge in [-0.15, -0.1) is 0 Å². The van der Waals surface area contributed by atoms with Gasteiger partial charge in [-0.25, -0.2) is 0 Å². The molecule has 0 spiro atoms. The molecule has 20 heavy (non-hydrogen) atoms. The summed E-state index contributed by atoms with van der Waals surface area (Å²) < 4.78 is 12.4. The van der Waals surface area contributed by atoms with Crippen LogP contribution in [0.5, 0.6) is 11.5 Å². The maximum Gasteiger partial charge on any atom is 0.161 e. The normalized spacial score (nSPS) is 10.9. The highest BCUT2D eigenvalue weighted by Crippen LogP contribution is 2.40. The largest absolute Gasteiger partial charge is 0.493 e. The van der Waals surface area contributed by atoms with Crippen LogP contribution in [0.15, 0.2) is 18.3 Å². The van der Waals surface area contributed by atoms with E-state index in [1.165, 1.54) is 0 Å². The van der Waals surface area contributed by atoms with Crippen molar-refractivity contribution >= 4 is 5.82 Å². The third kappa shape index (κ3) is 2.31. The number of aryl methyl sites for hydroxylation is 1. The number of nitrogens with two attached hydrogens (primary N) is 1. The lowest BCUT2D eigenvalue weighted by atomic mass is 9.93. The number of nitrogen functional groups attached to an aromatic ring is 1. The molecule has 0 amide bonds. The van der Waals surface area contributed by atoms with Gasteiger partial charge in [0.1, 0.15) is 5.82 Å². The van der Waals surface area contributed by atoms with Gasteiger partial charge in [-0.2, -0.15) is 5.10 Å². The number of ether oxygens (including phenoxy) is 2. The molecule has 1 aromatic carbocycles. The van der Waals surface area contributed by atoms with Crippen LogP contribution in [0.1, 0.15) is 25.3 Å². The quantitative estimate of drug-likeness (QED) is 0.932. The van der Waals surface area contributed by atoms with Crippen LogP contribution in [-0.2, 0) is 7.05 Å². The molecule has 0 saturated heterocycles. The van der Waals surface area contributed by atoms with Gasteiger partial charge in [0.15, 0.2) is 11.5 Å². The van der Waals surface area contributed by atoms with Gasteiger partial charge in [-0.3, -0.25) is 4.68 Å². The van der Waals surface area contributed by atoms with E-state index in [4.69, 9.17) is 15.2 Å². The van der Waals surface area contributed by atoms with Crippen LogP contribution < -0.4 is 15.2 Å². The summed E-state index contributed by atoms with van der Waals surface area (Å²) in [5, 5.41) is 4.21. The topological polar surface area (TPSA) is 62.3 Å². The molecule has 1 heterocycles. The van der Waals surface area contributed by atoms with Crippen molar-refractivity contribution in [2.75, 3.05) is 20.0 Å². The van der Waals surface area contributed by atoms with Crippen molar-refractivity contribution in [3.05, 3.63) is 23.9 Å². The van der Waals surface area contributed by atoms with E-state index in [1.807, 2.05) is 19.2 Å². The molecule has 5 nitrogen and oxygen atoms in total. The zero-order chi connectivity index (χ0) is 14.9. The smallest absolute Gasteiger partial charge is 0.161 e. The van der Waals surface area contributed by atoms with Gasteiger partial charge in [0.25, 0.3) is 0 Å². The number of hydrogen-bond donors (Lipinski definition) is 1. The number of rotatable bonds is 4. The van der Waals surface area contributed by atoms with E-state index < -0.39 is 0 Å². The molecule has 0 atom stereocenters. The van der Waals surface area contributed by atoms with Crippen molar-refractivity contribution in [2.24, 2.45) is 7.05 Å². The van der Waals surface area contributed by atoms with E-state index in [9.17, 15) is 0 Å². The Morgan fingerprint density at radius 3 is 2.15 bits per heavy atom. The summed E-state index contributed by atoms with van der Waals surface area (Å²) in [7, 11) is 5.10. The molecule has 5 heteroatoms. The predicted molar refractivity (Wildman–Crippen MR) is 80.2 cm³/mol. The summed E-state index contributed by atoms with van der Waals surface area (Å²) in [6.07, 6.45) is 1.78. The molecule has 0 fully saturated rings. The monoisotopic (exact) mass is 275 g/mol. The zero-order valence-electron chi connectivity index (χ0n) is 12.6. The molecule has 2 N–H and O–H groups in total. The fraction of sp³-hybridized carbons (Fsp3) is 0.400. The first kappa shape index (κ1) is 14.2. The van der Waals surface area contributed by atoms with Crippen LogP contribution in [0.25, 0.3) is 11.1 Å². The Hall–Kier alpha value is -2.17. The zero-order valence-corrected chi connectivity index (χ0v) is 12.6. The highest BCUT2D eigenvalue weighted by molar-refractivity contribution is 5.78. The third-order valence-electron chi connectivity index (χ3n) is 3.45. The number of hydrogen-bond acceptors (Lipinski definition) is 4. The van der Waals surface area contributed by atoms with Crippen molar-refractivity contribution in [1.29, 1.82) is 0 Å². The lowest BCUT2D eigenvalue weighted by Crippen LogP contribution is -2.01. The van der Waals surface area contributed by atoms with Crippen molar-refractivity contribution in [3.63, 3.8) is 0 Å². The van der Waals surface area contributed by atoms with Gasteiger partial charge in [-0.05, 0) is 29.2 Å². The molecular weight excluding hydrogens is 254 g/mol. The lowest BCUT2D eigenvalue weighted by molar-refractivity contribution is 0.354. The summed E-state index contributed by atoms with van der Waals surface area (Å²) in [5.41, 5.74) is 9.19. The van der Waals surface area contributed by atoms with Crippen molar-refractivity contribution < 1.29 is 9.47 Å². The van der Waals surface area contributed by atoms with Crippen molar-refractivity contribution in [3.8, 4) is 22.6 Å². The van der Waals surface area contributed by atoms with E-state index in [-0.39, 0.29) is 0 Å². The first-order valence-corrected chi connectivity index (χ1v) is 6.53. The molecule has 2 rings (SSSR count). The molecule has 0 bridgehead atoms. The number of benzene rings is 1. The molecule has 0 aliphatic carbocycles. The second-order valence-corrected chi connectivity index (χ2v) is 5.02. The average Bonchev–Trinajstić information content (AvgIpc) is 2.77. The van der Waals surface area contributed by atoms with E-state index in [2.05, 4.69) is 18.9 Å². The molecule has 1 aromatic heterocycles. The highest BCUT2D eigenvalue weighted by Gasteiger charge is 2.18. The second-order valence-electron chi connectivity index (χ2n) is 5.02. The van der Waals surface area contributed by atoms with Gasteiger partial charge in [0, 0.05) is 12.6 Å². The van der Waals surface area contributed by atoms with E-state index in [0.29, 0.717) is 17.5 Å². The van der Waals surface area contributed by atoms with E-state index in [0.717, 1.165) is 22.4 Å². The summed E-state index contributed by atoms with van der Waals surface area (Å²) >= 11 is 0. The fourth-order valence-electron chi connectivity index (χ4n) is 2.26. The predicted octanol–water partition coefficient (Wildman–Crippen LogP) is 2.81. The Kier molecular flexibility index (Phi) is 3.88. The van der Waals surface area contributed by atoms with Crippen LogP contribution in [0.3, 0.4) is 0 Å². The minimum atomic E-state index is 0.337. The van der Waals surface area contributed by atoms with Crippen LogP contribution in [0.4, 0.5) is 5.82 Å². The number of methoxy groups -OCH3 is 2. The number of aromatic nitrogens is 2. The first-order valence-electron chi connectivity index (χ1n) is 6.53. The average molecular weight is 275 g/mol. The Morgan fingerprint density at radius 2 is 1.70 bits per heavy atom. The minimum Gasteiger partial charge on any atom is -0.493 e. The Balaban J connectivity index is 2.70. The SMILES string of the molecule is COc1cc(-c2cnn(C)c2N)c(C(C)C)cc1OC. The summed E-state index contributed by atoms with van der Waals surface area (Å²) in [5.74, 6) is 2.39. The van der Waals surface area contributed by atoms with Crippen LogP contribution in [0, 0.1) is 0 Å². The Bertz CT molecular complexity index is 618. The van der Waals surface area contributed by atoms with Crippen LogP contribution in [0.2, 0.25) is 0 Å². The number of nitrogens with zero attached hydrogens (tertiary/aromatic N) is 2. The summed E-state index contributed by atoms with van der Waals surface area (Å²) in [6.45, 7) is 4.27. The lowest BCUT2D eigenvalue weighted by Gasteiger charge is -2.17. The Morgan fingerprint density at radius 1 is 1.10 bits per heavy atom. The molecular formula is C15H21N3O2. The third-order valence-corrected chi connectivity index (χ3v) is 3.45. The maximum atomic E-state index is 6.09. The second kappa shape index (κ2) is 5.45. The standard InChI is InChI=1S/C15H21N3O2/c1-9(2)10-6-13(19-4)14(20-5)7-11(10)12-8-17-18(3)15(12)16/h6-9H,16H2,1-5H3. The van der Waals surface area contributed by atoms with Gasteiger partial charge >= 0.3 is 0 Å².